The fraction of sp³-hybridized carbons (Fsp3) is 0.632. The fourth-order valence-electron chi connectivity index (χ4n) is 6.91. The van der Waals surface area contributed by atoms with Gasteiger partial charge in [-0.1, -0.05) is 165 Å². The van der Waals surface area contributed by atoms with Crippen molar-refractivity contribution >= 4 is 0 Å². The maximum atomic E-state index is 2.76. The van der Waals surface area contributed by atoms with Crippen LogP contribution in [-0.2, 0) is 6.42 Å². The lowest BCUT2D eigenvalue weighted by molar-refractivity contribution is -0.00378. The minimum atomic E-state index is -0.0541. The Morgan fingerprint density at radius 1 is 0.525 bits per heavy atom. The quantitative estimate of drug-likeness (QED) is 0.136. The molecule has 0 aromatic heterocycles. The molecular formula is C38H60N2. The normalized spacial score (nSPS) is 17.6. The molecule has 0 amide bonds. The average molecular weight is 545 g/mol. The van der Waals surface area contributed by atoms with Crippen LogP contribution in [0.2, 0.25) is 0 Å². The minimum Gasteiger partial charge on any atom is -0.353 e. The molecule has 0 spiro atoms. The second-order valence-electron chi connectivity index (χ2n) is 12.2. The summed E-state index contributed by atoms with van der Waals surface area (Å²) in [6.45, 7) is 9.31. The van der Waals surface area contributed by atoms with Crippen LogP contribution in [0, 0.1) is 0 Å². The van der Waals surface area contributed by atoms with Crippen LogP contribution in [0.5, 0.6) is 0 Å². The lowest BCUT2D eigenvalue weighted by Gasteiger charge is -2.51. The molecule has 2 nitrogen and oxygen atoms in total. The highest BCUT2D eigenvalue weighted by Gasteiger charge is 2.49. The van der Waals surface area contributed by atoms with Crippen LogP contribution in [0.3, 0.4) is 0 Å². The molecule has 222 valence electrons. The van der Waals surface area contributed by atoms with Crippen LogP contribution in [0.15, 0.2) is 73.1 Å². The van der Waals surface area contributed by atoms with Crippen LogP contribution in [0.4, 0.5) is 0 Å². The molecule has 3 rings (SSSR count). The third-order valence-electron chi connectivity index (χ3n) is 9.15. The first kappa shape index (κ1) is 32.3. The molecule has 2 aromatic carbocycles. The number of nitrogens with zero attached hydrogens (tertiary/aromatic N) is 2. The molecule has 1 aliphatic heterocycles. The number of hydrogen-bond donors (Lipinski definition) is 0. The highest BCUT2D eigenvalue weighted by atomic mass is 15.4. The van der Waals surface area contributed by atoms with E-state index in [1.54, 1.807) is 0 Å². The Labute approximate surface area is 248 Å². The zero-order chi connectivity index (χ0) is 28.3. The van der Waals surface area contributed by atoms with Crippen LogP contribution in [-0.4, -0.2) is 28.6 Å². The van der Waals surface area contributed by atoms with Crippen molar-refractivity contribution in [3.05, 3.63) is 84.2 Å². The summed E-state index contributed by atoms with van der Waals surface area (Å²) in [7, 11) is 0. The molecule has 2 unspecified atom stereocenters. The predicted molar refractivity (Wildman–Crippen MR) is 176 cm³/mol. The van der Waals surface area contributed by atoms with E-state index in [4.69, 9.17) is 0 Å². The average Bonchev–Trinajstić information content (AvgIpc) is 3.32. The van der Waals surface area contributed by atoms with Gasteiger partial charge in [0.2, 0.25) is 0 Å². The standard InChI is InChI=1S/C38H60N2/c1-4-7-9-11-12-13-14-15-17-25-31-40-33-32-39(30-24-16-10-8-5-2)38(40,34-35-26-20-18-21-27-35)37(6-3)36-28-22-19-23-29-36/h18-23,26-29,32-33,37H,4-17,24-25,30-31,34H2,1-3H3. The third-order valence-corrected chi connectivity index (χ3v) is 9.15. The van der Waals surface area contributed by atoms with E-state index in [9.17, 15) is 0 Å². The van der Waals surface area contributed by atoms with Gasteiger partial charge in [0.25, 0.3) is 0 Å². The van der Waals surface area contributed by atoms with E-state index < -0.39 is 0 Å². The van der Waals surface area contributed by atoms with E-state index >= 15 is 0 Å². The first-order chi connectivity index (χ1) is 19.8. The molecule has 2 aromatic rings. The molecule has 0 saturated heterocycles. The molecule has 2 atom stereocenters. The summed E-state index contributed by atoms with van der Waals surface area (Å²) in [4.78, 5) is 5.52. The van der Waals surface area contributed by atoms with E-state index in [-0.39, 0.29) is 5.66 Å². The molecule has 0 aliphatic carbocycles. The van der Waals surface area contributed by atoms with Gasteiger partial charge in [-0.15, -0.1) is 0 Å². The van der Waals surface area contributed by atoms with Crippen molar-refractivity contribution < 1.29 is 0 Å². The zero-order valence-electron chi connectivity index (χ0n) is 26.3. The van der Waals surface area contributed by atoms with Gasteiger partial charge in [0.15, 0.2) is 0 Å². The Morgan fingerprint density at radius 3 is 1.40 bits per heavy atom. The van der Waals surface area contributed by atoms with Gasteiger partial charge < -0.3 is 9.80 Å². The van der Waals surface area contributed by atoms with Gasteiger partial charge in [-0.2, -0.15) is 0 Å². The van der Waals surface area contributed by atoms with Gasteiger partial charge in [0.05, 0.1) is 0 Å². The second-order valence-corrected chi connectivity index (χ2v) is 12.2. The number of benzene rings is 2. The molecule has 40 heavy (non-hydrogen) atoms. The SMILES string of the molecule is CCCCCCCCCCCCN1C=CN(CCCCCCC)C1(Cc1ccccc1)C(CC)c1ccccc1. The zero-order valence-corrected chi connectivity index (χ0v) is 26.3. The molecule has 1 aliphatic rings. The van der Waals surface area contributed by atoms with E-state index in [2.05, 4.69) is 104 Å². The van der Waals surface area contributed by atoms with E-state index in [0.717, 1.165) is 25.9 Å². The molecule has 1 heterocycles. The summed E-state index contributed by atoms with van der Waals surface area (Å²) in [5, 5.41) is 0. The molecule has 0 fully saturated rings. The molecule has 0 N–H and O–H groups in total. The maximum Gasteiger partial charge on any atom is 0.123 e. The molecule has 2 heteroatoms. The van der Waals surface area contributed by atoms with Crippen molar-refractivity contribution in [1.29, 1.82) is 0 Å². The van der Waals surface area contributed by atoms with Crippen molar-refractivity contribution in [1.82, 2.24) is 9.80 Å². The van der Waals surface area contributed by atoms with Crippen LogP contribution in [0.1, 0.15) is 141 Å². The van der Waals surface area contributed by atoms with Crippen molar-refractivity contribution in [3.8, 4) is 0 Å². The van der Waals surface area contributed by atoms with Crippen molar-refractivity contribution in [3.63, 3.8) is 0 Å². The van der Waals surface area contributed by atoms with Gasteiger partial charge in [-0.25, -0.2) is 0 Å². The lowest BCUT2D eigenvalue weighted by Crippen LogP contribution is -2.59. The van der Waals surface area contributed by atoms with Gasteiger partial charge in [-0.3, -0.25) is 0 Å². The highest BCUT2D eigenvalue weighted by molar-refractivity contribution is 5.30. The first-order valence-electron chi connectivity index (χ1n) is 17.1. The monoisotopic (exact) mass is 544 g/mol. The van der Waals surface area contributed by atoms with Crippen molar-refractivity contribution in [2.24, 2.45) is 0 Å². The second kappa shape index (κ2) is 19.0. The van der Waals surface area contributed by atoms with Crippen molar-refractivity contribution in [2.75, 3.05) is 13.1 Å². The summed E-state index contributed by atoms with van der Waals surface area (Å²) in [5.74, 6) is 0.447. The topological polar surface area (TPSA) is 6.48 Å². The van der Waals surface area contributed by atoms with Gasteiger partial charge in [0, 0.05) is 37.8 Å². The van der Waals surface area contributed by atoms with Crippen LogP contribution >= 0.6 is 0 Å². The van der Waals surface area contributed by atoms with E-state index in [1.165, 1.54) is 107 Å². The van der Waals surface area contributed by atoms with Gasteiger partial charge >= 0.3 is 0 Å². The summed E-state index contributed by atoms with van der Waals surface area (Å²) in [5.41, 5.74) is 2.87. The Kier molecular flexibility index (Phi) is 15.3. The Bertz CT molecular complexity index is 908. The Hall–Kier alpha value is -2.22. The molecule has 0 saturated carbocycles. The summed E-state index contributed by atoms with van der Waals surface area (Å²) in [6.07, 6.45) is 27.6. The van der Waals surface area contributed by atoms with Gasteiger partial charge in [-0.05, 0) is 30.4 Å². The van der Waals surface area contributed by atoms with E-state index in [0.29, 0.717) is 5.92 Å². The lowest BCUT2D eigenvalue weighted by atomic mass is 9.78. The number of rotatable bonds is 22. The smallest absolute Gasteiger partial charge is 0.123 e. The third kappa shape index (κ3) is 9.71. The molecule has 0 bridgehead atoms. The van der Waals surface area contributed by atoms with Crippen LogP contribution < -0.4 is 0 Å². The maximum absolute atomic E-state index is 2.76. The minimum absolute atomic E-state index is 0.0541. The largest absolute Gasteiger partial charge is 0.353 e. The van der Waals surface area contributed by atoms with E-state index in [1.807, 2.05) is 0 Å². The summed E-state index contributed by atoms with van der Waals surface area (Å²) < 4.78 is 0. The van der Waals surface area contributed by atoms with Crippen molar-refractivity contribution in [2.45, 2.75) is 142 Å². The summed E-state index contributed by atoms with van der Waals surface area (Å²) in [6, 6.07) is 22.7. The molecule has 0 radical (unpaired) electrons. The summed E-state index contributed by atoms with van der Waals surface area (Å²) >= 11 is 0. The fourth-order valence-corrected chi connectivity index (χ4v) is 6.91. The molecular weight excluding hydrogens is 484 g/mol. The van der Waals surface area contributed by atoms with Gasteiger partial charge in [0.1, 0.15) is 5.66 Å². The Balaban J connectivity index is 1.75. The predicted octanol–water partition coefficient (Wildman–Crippen LogP) is 11.1. The number of hydrogen-bond acceptors (Lipinski definition) is 2. The van der Waals surface area contributed by atoms with Crippen LogP contribution in [0.25, 0.3) is 0 Å². The Morgan fingerprint density at radius 2 is 0.950 bits per heavy atom. The first-order valence-corrected chi connectivity index (χ1v) is 17.1. The highest BCUT2D eigenvalue weighted by Crippen LogP contribution is 2.45. The number of unbranched alkanes of at least 4 members (excludes halogenated alkanes) is 13.